The fourth-order valence-electron chi connectivity index (χ4n) is 9.34. The first-order valence-electron chi connectivity index (χ1n) is 21.5. The van der Waals surface area contributed by atoms with Gasteiger partial charge < -0.3 is 18.0 Å². The van der Waals surface area contributed by atoms with Crippen LogP contribution >= 0.6 is 0 Å². The molecular formula is C58H41N4OPt-3. The van der Waals surface area contributed by atoms with Crippen LogP contribution in [0.25, 0.3) is 105 Å². The Kier molecular flexibility index (Phi) is 9.56. The third-order valence-electron chi connectivity index (χ3n) is 12.4. The number of pyridine rings is 1. The summed E-state index contributed by atoms with van der Waals surface area (Å²) in [5.41, 5.74) is 12.4. The number of hydrogen-bond acceptors (Lipinski definition) is 2. The van der Waals surface area contributed by atoms with Gasteiger partial charge in [-0.1, -0.05) is 160 Å². The molecule has 3 aromatic heterocycles. The van der Waals surface area contributed by atoms with Gasteiger partial charge in [0.1, 0.15) is 5.65 Å². The number of rotatable bonds is 1. The number of aromatic nitrogens is 4. The Morgan fingerprint density at radius 3 is 2.08 bits per heavy atom. The van der Waals surface area contributed by atoms with E-state index in [1.165, 1.54) is 5.56 Å². The summed E-state index contributed by atoms with van der Waals surface area (Å²) in [5.74, 6) is 0. The molecule has 0 N–H and O–H groups in total. The molecule has 64 heavy (non-hydrogen) atoms. The second kappa shape index (κ2) is 15.5. The van der Waals surface area contributed by atoms with E-state index in [1.807, 2.05) is 18.2 Å². The second-order valence-electron chi connectivity index (χ2n) is 17.3. The van der Waals surface area contributed by atoms with Crippen molar-refractivity contribution in [1.82, 2.24) is 18.5 Å². The van der Waals surface area contributed by atoms with E-state index >= 15 is 0 Å². The van der Waals surface area contributed by atoms with Gasteiger partial charge in [0.25, 0.3) is 0 Å². The molecule has 8 aromatic carbocycles. The van der Waals surface area contributed by atoms with E-state index in [1.54, 1.807) is 0 Å². The minimum Gasteiger partial charge on any atom is -0.510 e. The minimum absolute atomic E-state index is 0. The van der Waals surface area contributed by atoms with Gasteiger partial charge in [-0.3, -0.25) is 0 Å². The Balaban J connectivity index is 0.00000456. The van der Waals surface area contributed by atoms with Crippen molar-refractivity contribution >= 4 is 82.1 Å². The smallest absolute Gasteiger partial charge is 0.136 e. The number of fused-ring (bicyclic) bond motifs is 23. The van der Waals surface area contributed by atoms with Crippen LogP contribution in [0.15, 0.2) is 199 Å². The number of nitrogens with zero attached hydrogens (tertiary/aromatic N) is 4. The Morgan fingerprint density at radius 2 is 1.22 bits per heavy atom. The molecule has 0 fully saturated rings. The molecule has 0 radical (unpaired) electrons. The van der Waals surface area contributed by atoms with Crippen LogP contribution in [0.1, 0.15) is 26.3 Å². The van der Waals surface area contributed by atoms with E-state index in [2.05, 4.69) is 223 Å². The first-order valence-corrected chi connectivity index (χ1v) is 21.5. The van der Waals surface area contributed by atoms with Crippen molar-refractivity contribution in [2.24, 2.45) is 0 Å². The molecule has 0 atom stereocenters. The topological polar surface area (TPSA) is 40.3 Å². The summed E-state index contributed by atoms with van der Waals surface area (Å²) >= 11 is 0. The van der Waals surface area contributed by atoms with Crippen molar-refractivity contribution in [2.45, 2.75) is 26.2 Å². The molecule has 10 bridgehead atoms. The number of hydrogen-bond donors (Lipinski definition) is 0. The molecule has 0 amide bonds. The largest absolute Gasteiger partial charge is 0.510 e. The third-order valence-corrected chi connectivity index (χ3v) is 12.4. The summed E-state index contributed by atoms with van der Waals surface area (Å²) in [6, 6.07) is 74.1. The first kappa shape index (κ1) is 39.5. The monoisotopic (exact) mass is 1000 g/mol. The summed E-state index contributed by atoms with van der Waals surface area (Å²) in [4.78, 5) is 5.36. The summed E-state index contributed by atoms with van der Waals surface area (Å²) in [5, 5.41) is 7.73. The summed E-state index contributed by atoms with van der Waals surface area (Å²) in [7, 11) is 0. The van der Waals surface area contributed by atoms with Crippen LogP contribution in [0.4, 0.5) is 0 Å². The number of para-hydroxylation sites is 4. The molecule has 5 nitrogen and oxygen atoms in total. The van der Waals surface area contributed by atoms with Crippen molar-refractivity contribution < 1.29 is 25.5 Å². The van der Waals surface area contributed by atoms with E-state index in [4.69, 9.17) is 9.40 Å². The van der Waals surface area contributed by atoms with Crippen LogP contribution in [0.5, 0.6) is 0 Å². The summed E-state index contributed by atoms with van der Waals surface area (Å²) < 4.78 is 13.4. The molecule has 0 spiro atoms. The van der Waals surface area contributed by atoms with Crippen LogP contribution in [-0.2, 0) is 26.5 Å². The fourth-order valence-corrected chi connectivity index (χ4v) is 9.34. The van der Waals surface area contributed by atoms with Crippen LogP contribution in [0.2, 0.25) is 0 Å². The molecule has 0 saturated carbocycles. The fraction of sp³-hybridized carbons (Fsp3) is 0.0690. The van der Waals surface area contributed by atoms with Crippen LogP contribution in [-0.4, -0.2) is 18.5 Å². The van der Waals surface area contributed by atoms with Gasteiger partial charge in [0.2, 0.25) is 0 Å². The first-order chi connectivity index (χ1) is 30.9. The van der Waals surface area contributed by atoms with E-state index in [0.717, 1.165) is 93.4 Å². The van der Waals surface area contributed by atoms with Crippen molar-refractivity contribution in [3.63, 3.8) is 0 Å². The predicted octanol–water partition coefficient (Wildman–Crippen LogP) is 15.1. The van der Waals surface area contributed by atoms with Gasteiger partial charge in [-0.15, -0.1) is 29.1 Å². The summed E-state index contributed by atoms with van der Waals surface area (Å²) in [6.45, 7) is 6.82. The molecule has 12 rings (SSSR count). The van der Waals surface area contributed by atoms with Crippen molar-refractivity contribution in [1.29, 1.82) is 0 Å². The zero-order valence-electron chi connectivity index (χ0n) is 35.5. The molecular weight excluding hydrogens is 964 g/mol. The molecule has 6 heteroatoms. The number of benzene rings is 8. The van der Waals surface area contributed by atoms with Gasteiger partial charge >= 0.3 is 0 Å². The Morgan fingerprint density at radius 1 is 0.531 bits per heavy atom. The Labute approximate surface area is 384 Å². The maximum absolute atomic E-state index is 6.67. The quantitative estimate of drug-likeness (QED) is 0.154. The van der Waals surface area contributed by atoms with Gasteiger partial charge in [0.15, 0.2) is 0 Å². The van der Waals surface area contributed by atoms with E-state index < -0.39 is 0 Å². The van der Waals surface area contributed by atoms with E-state index in [9.17, 15) is 0 Å². The van der Waals surface area contributed by atoms with Gasteiger partial charge in [0, 0.05) is 49.5 Å². The minimum atomic E-state index is -0.0214. The normalized spacial score (nSPS) is 11.9. The SMILES string of the molecule is CC(C)(C)c1cccc(-c2cccc3c4ccccc4c4cccc(c4)c4cccc(n4)n4c5[c-]c(ccc5c5ccccc54)oc4[c-]c(ccc4)n4[cH-]n(c23)-c2ccccc2-4)c1.[Pt]. The second-order valence-corrected chi connectivity index (χ2v) is 17.3. The average molecular weight is 1010 g/mol. The zero-order valence-corrected chi connectivity index (χ0v) is 37.8. The molecule has 0 aliphatic carbocycles. The third kappa shape index (κ3) is 6.58. The maximum atomic E-state index is 6.67. The zero-order chi connectivity index (χ0) is 42.2. The van der Waals surface area contributed by atoms with Crippen LogP contribution < -0.4 is 0 Å². The number of imidazole rings is 1. The molecule has 0 unspecified atom stereocenters. The van der Waals surface area contributed by atoms with E-state index in [0.29, 0.717) is 11.2 Å². The molecule has 1 aliphatic heterocycles. The van der Waals surface area contributed by atoms with Crippen molar-refractivity contribution in [3.05, 3.63) is 212 Å². The molecule has 0 saturated heterocycles. The van der Waals surface area contributed by atoms with Gasteiger partial charge in [0.05, 0.1) is 5.52 Å². The van der Waals surface area contributed by atoms with E-state index in [-0.39, 0.29) is 26.5 Å². The van der Waals surface area contributed by atoms with Crippen LogP contribution in [0, 0.1) is 12.1 Å². The Bertz CT molecular complexity index is 3920. The Hall–Kier alpha value is -7.33. The van der Waals surface area contributed by atoms with Gasteiger partial charge in [-0.25, -0.2) is 4.98 Å². The van der Waals surface area contributed by atoms with Crippen molar-refractivity contribution in [3.8, 4) is 22.5 Å². The molecule has 4 heterocycles. The van der Waals surface area contributed by atoms with Gasteiger partial charge in [-0.05, 0) is 90.2 Å². The average Bonchev–Trinajstić information content (AvgIpc) is 3.87. The van der Waals surface area contributed by atoms with Gasteiger partial charge in [-0.2, -0.15) is 24.3 Å². The standard InChI is InChI=1S/C58H41N4O.Pt/c1-58(2,3)41-18-11-16-39(34-41)46-24-13-25-50-47-22-5-4-21-45(47)38-15-10-17-40(33-38)51-26-14-30-56(59-51)62-52-27-7-6-23-48(52)49-32-31-44(36-55(49)62)63-43-20-12-19-42(35-43)60-37-61(57(46)50)54-29-9-8-28-53(54)60;/h4-34,37H,1-3H3;/q-3;. The van der Waals surface area contributed by atoms with Crippen LogP contribution in [0.3, 0.4) is 0 Å². The maximum Gasteiger partial charge on any atom is 0.136 e. The summed E-state index contributed by atoms with van der Waals surface area (Å²) in [6.07, 6.45) is 2.21. The predicted molar refractivity (Wildman–Crippen MR) is 261 cm³/mol. The molecule has 1 aliphatic rings. The molecule has 11 aromatic rings. The van der Waals surface area contributed by atoms with Crippen molar-refractivity contribution in [2.75, 3.05) is 0 Å². The molecule has 312 valence electrons.